The number of hydrogen-bond acceptors (Lipinski definition) is 9. The minimum absolute atomic E-state index is 0.163. The molecule has 0 radical (unpaired) electrons. The molecule has 2 aromatic carbocycles. The monoisotopic (exact) mass is 463 g/mol. The van der Waals surface area contributed by atoms with Crippen molar-refractivity contribution in [3.05, 3.63) is 76.5 Å². The molecule has 174 valence electrons. The van der Waals surface area contributed by atoms with Gasteiger partial charge in [0.25, 0.3) is 0 Å². The highest BCUT2D eigenvalue weighted by atomic mass is 16.5. The van der Waals surface area contributed by atoms with E-state index < -0.39 is 41.1 Å². The van der Waals surface area contributed by atoms with Crippen molar-refractivity contribution in [3.63, 3.8) is 0 Å². The Labute approximate surface area is 195 Å². The van der Waals surface area contributed by atoms with Crippen molar-refractivity contribution in [1.29, 1.82) is 0 Å². The quantitative estimate of drug-likeness (QED) is 0.499. The van der Waals surface area contributed by atoms with Crippen molar-refractivity contribution in [2.24, 2.45) is 0 Å². The van der Waals surface area contributed by atoms with Gasteiger partial charge in [0.2, 0.25) is 0 Å². The summed E-state index contributed by atoms with van der Waals surface area (Å²) in [4.78, 5) is 53.9. The summed E-state index contributed by atoms with van der Waals surface area (Å²) in [5.41, 5.74) is 1.40. The van der Waals surface area contributed by atoms with Crippen molar-refractivity contribution >= 4 is 29.6 Å². The van der Waals surface area contributed by atoms with E-state index in [2.05, 4.69) is 0 Å². The van der Waals surface area contributed by atoms with Crippen LogP contribution in [-0.2, 0) is 38.1 Å². The number of para-hydroxylation sites is 1. The summed E-state index contributed by atoms with van der Waals surface area (Å²) in [5, 5.41) is 0. The van der Waals surface area contributed by atoms with Gasteiger partial charge in [0.05, 0.1) is 51.3 Å². The largest absolute Gasteiger partial charge is 0.466 e. The second-order valence-corrected chi connectivity index (χ2v) is 7.36. The van der Waals surface area contributed by atoms with Crippen LogP contribution < -0.4 is 4.90 Å². The minimum Gasteiger partial charge on any atom is -0.466 e. The summed E-state index contributed by atoms with van der Waals surface area (Å²) < 4.78 is 19.9. The number of rotatable bonds is 4. The maximum atomic E-state index is 13.2. The third-order valence-electron chi connectivity index (χ3n) is 5.80. The number of esters is 4. The maximum absolute atomic E-state index is 13.2. The van der Waals surface area contributed by atoms with Crippen LogP contribution in [0, 0.1) is 0 Å². The molecular weight excluding hydrogens is 442 g/mol. The van der Waals surface area contributed by atoms with E-state index in [1.165, 1.54) is 4.90 Å². The second-order valence-electron chi connectivity index (χ2n) is 7.36. The zero-order chi connectivity index (χ0) is 24.6. The van der Waals surface area contributed by atoms with E-state index in [4.69, 9.17) is 18.9 Å². The average Bonchev–Trinajstić information content (AvgIpc) is 2.89. The Hall–Kier alpha value is -4.40. The molecule has 1 atom stereocenters. The van der Waals surface area contributed by atoms with E-state index in [1.54, 1.807) is 24.3 Å². The van der Waals surface area contributed by atoms with Gasteiger partial charge in [0, 0.05) is 5.56 Å². The van der Waals surface area contributed by atoms with E-state index in [1.807, 2.05) is 24.3 Å². The Bertz CT molecular complexity index is 1190. The van der Waals surface area contributed by atoms with Crippen molar-refractivity contribution in [2.75, 3.05) is 33.3 Å². The van der Waals surface area contributed by atoms with Gasteiger partial charge in [-0.15, -0.1) is 0 Å². The van der Waals surface area contributed by atoms with E-state index >= 15 is 0 Å². The molecule has 1 unspecified atom stereocenters. The van der Waals surface area contributed by atoms with Crippen LogP contribution in [-0.4, -0.2) is 52.3 Å². The Morgan fingerprint density at radius 3 is 1.79 bits per heavy atom. The molecule has 0 aromatic heterocycles. The Balaban J connectivity index is 2.24. The lowest BCUT2D eigenvalue weighted by atomic mass is 9.78. The topological polar surface area (TPSA) is 108 Å². The summed E-state index contributed by atoms with van der Waals surface area (Å²) in [7, 11) is 4.52. The molecular formula is C25H21NO8. The van der Waals surface area contributed by atoms with Crippen LogP contribution in [0.15, 0.2) is 70.9 Å². The van der Waals surface area contributed by atoms with E-state index in [9.17, 15) is 19.2 Å². The van der Waals surface area contributed by atoms with E-state index in [-0.39, 0.29) is 11.3 Å². The summed E-state index contributed by atoms with van der Waals surface area (Å²) in [5.74, 6) is -3.78. The molecule has 0 amide bonds. The van der Waals surface area contributed by atoms with Crippen LogP contribution in [0.4, 0.5) is 5.69 Å². The average molecular weight is 463 g/mol. The van der Waals surface area contributed by atoms with Gasteiger partial charge in [-0.25, -0.2) is 19.2 Å². The number of benzene rings is 2. The summed E-state index contributed by atoms with van der Waals surface area (Å²) >= 11 is 0. The number of methoxy groups -OCH3 is 4. The fraction of sp³-hybridized carbons (Fsp3) is 0.200. The van der Waals surface area contributed by atoms with Gasteiger partial charge in [0.1, 0.15) is 11.3 Å². The fourth-order valence-corrected chi connectivity index (χ4v) is 4.45. The first-order valence-electron chi connectivity index (χ1n) is 10.2. The van der Waals surface area contributed by atoms with Gasteiger partial charge < -0.3 is 23.8 Å². The highest BCUT2D eigenvalue weighted by Gasteiger charge is 2.50. The molecule has 2 aliphatic heterocycles. The highest BCUT2D eigenvalue weighted by Crippen LogP contribution is 2.53. The molecule has 0 spiro atoms. The van der Waals surface area contributed by atoms with Crippen molar-refractivity contribution < 1.29 is 38.1 Å². The molecule has 0 saturated carbocycles. The molecule has 9 heteroatoms. The number of ether oxygens (including phenoxy) is 4. The number of carbonyl (C=O) groups excluding carboxylic acids is 4. The zero-order valence-electron chi connectivity index (χ0n) is 18.9. The molecule has 2 heterocycles. The Morgan fingerprint density at radius 2 is 1.18 bits per heavy atom. The molecule has 0 fully saturated rings. The van der Waals surface area contributed by atoms with Crippen LogP contribution in [0.25, 0.3) is 11.1 Å². The normalized spacial score (nSPS) is 16.1. The summed E-state index contributed by atoms with van der Waals surface area (Å²) in [6.07, 6.45) is 0. The third-order valence-corrected chi connectivity index (χ3v) is 5.80. The standard InChI is InChI=1S/C25H21NO8/c1-31-22(27)17-18(23(28)32-2)20-15-11-6-5-9-13(15)14-10-7-8-12-16(14)26(20)21(25(30)34-4)19(17)24(29)33-3/h5-12,20H,1-4H3. The van der Waals surface area contributed by atoms with Gasteiger partial charge in [-0.2, -0.15) is 0 Å². The van der Waals surface area contributed by atoms with Crippen molar-refractivity contribution in [2.45, 2.75) is 6.04 Å². The first kappa shape index (κ1) is 22.8. The van der Waals surface area contributed by atoms with Gasteiger partial charge >= 0.3 is 23.9 Å². The van der Waals surface area contributed by atoms with Gasteiger partial charge in [0.15, 0.2) is 0 Å². The number of carbonyl (C=O) groups is 4. The summed E-state index contributed by atoms with van der Waals surface area (Å²) in [6.45, 7) is 0. The Kier molecular flexibility index (Phi) is 5.93. The third kappa shape index (κ3) is 3.24. The van der Waals surface area contributed by atoms with Crippen LogP contribution in [0.3, 0.4) is 0 Å². The number of nitrogens with zero attached hydrogens (tertiary/aromatic N) is 1. The summed E-state index contributed by atoms with van der Waals surface area (Å²) in [6, 6.07) is 13.5. The Morgan fingerprint density at radius 1 is 0.647 bits per heavy atom. The second kappa shape index (κ2) is 8.86. The lowest BCUT2D eigenvalue weighted by Gasteiger charge is -2.44. The number of hydrogen-bond donors (Lipinski definition) is 0. The maximum Gasteiger partial charge on any atom is 0.355 e. The molecule has 34 heavy (non-hydrogen) atoms. The predicted molar refractivity (Wildman–Crippen MR) is 119 cm³/mol. The number of anilines is 1. The lowest BCUT2D eigenvalue weighted by Crippen LogP contribution is -2.44. The molecule has 2 aliphatic rings. The van der Waals surface area contributed by atoms with Crippen LogP contribution in [0.2, 0.25) is 0 Å². The molecule has 0 saturated heterocycles. The first-order valence-corrected chi connectivity index (χ1v) is 10.2. The van der Waals surface area contributed by atoms with Crippen LogP contribution in [0.5, 0.6) is 0 Å². The van der Waals surface area contributed by atoms with Gasteiger partial charge in [-0.1, -0.05) is 42.5 Å². The molecule has 0 N–H and O–H groups in total. The molecule has 2 aromatic rings. The highest BCUT2D eigenvalue weighted by molar-refractivity contribution is 6.19. The molecule has 0 aliphatic carbocycles. The molecule has 9 nitrogen and oxygen atoms in total. The smallest absolute Gasteiger partial charge is 0.355 e. The van der Waals surface area contributed by atoms with Crippen LogP contribution in [0.1, 0.15) is 11.6 Å². The van der Waals surface area contributed by atoms with Crippen molar-refractivity contribution in [1.82, 2.24) is 0 Å². The SMILES string of the molecule is COC(=O)C1=C(C(=O)OC)C2c3ccccc3-c3ccccc3N2C(C(=O)OC)=C1C(=O)OC. The van der Waals surface area contributed by atoms with E-state index in [0.29, 0.717) is 11.3 Å². The number of fused-ring (bicyclic) bond motifs is 6. The minimum atomic E-state index is -1.02. The predicted octanol–water partition coefficient (Wildman–Crippen LogP) is 2.47. The molecule has 4 rings (SSSR count). The van der Waals surface area contributed by atoms with Gasteiger partial charge in [-0.3, -0.25) is 0 Å². The van der Waals surface area contributed by atoms with E-state index in [0.717, 1.165) is 39.6 Å². The first-order chi connectivity index (χ1) is 16.4. The zero-order valence-corrected chi connectivity index (χ0v) is 18.9. The van der Waals surface area contributed by atoms with Crippen molar-refractivity contribution in [3.8, 4) is 11.1 Å². The molecule has 0 bridgehead atoms. The van der Waals surface area contributed by atoms with Gasteiger partial charge in [-0.05, 0) is 17.2 Å². The van der Waals surface area contributed by atoms with Crippen LogP contribution >= 0.6 is 0 Å². The fourth-order valence-electron chi connectivity index (χ4n) is 4.45. The lowest BCUT2D eigenvalue weighted by molar-refractivity contribution is -0.142.